The van der Waals surface area contributed by atoms with Crippen molar-refractivity contribution in [2.24, 2.45) is 0 Å². The molecule has 0 unspecified atom stereocenters. The molecule has 0 saturated carbocycles. The molecule has 2 fully saturated rings. The molecule has 7 nitrogen and oxygen atoms in total. The molecule has 1 aromatic carbocycles. The highest BCUT2D eigenvalue weighted by molar-refractivity contribution is 5.97. The van der Waals surface area contributed by atoms with Gasteiger partial charge in [0.1, 0.15) is 5.82 Å². The fourth-order valence-corrected chi connectivity index (χ4v) is 6.08. The number of nitrogens with one attached hydrogen (secondary N) is 1. The molecule has 8 heteroatoms. The molecule has 0 aliphatic carbocycles. The van der Waals surface area contributed by atoms with Crippen molar-refractivity contribution in [3.8, 4) is 0 Å². The highest BCUT2D eigenvalue weighted by atomic mass is 19.1. The van der Waals surface area contributed by atoms with E-state index in [1.165, 1.54) is 12.1 Å². The highest BCUT2D eigenvalue weighted by Gasteiger charge is 2.41. The molecule has 2 atom stereocenters. The van der Waals surface area contributed by atoms with Crippen LogP contribution in [0.2, 0.25) is 0 Å². The van der Waals surface area contributed by atoms with Crippen molar-refractivity contribution >= 4 is 11.6 Å². The van der Waals surface area contributed by atoms with E-state index in [1.54, 1.807) is 12.1 Å². The second-order valence-electron chi connectivity index (χ2n) is 12.6. The first-order chi connectivity index (χ1) is 18.0. The maximum Gasteiger partial charge on any atom is 0.241 e. The summed E-state index contributed by atoms with van der Waals surface area (Å²) < 4.78 is 19.1. The Morgan fingerprint density at radius 1 is 1.18 bits per heavy atom. The van der Waals surface area contributed by atoms with Crippen LogP contribution in [-0.2, 0) is 21.4 Å². The monoisotopic (exact) mass is 523 g/mol. The smallest absolute Gasteiger partial charge is 0.241 e. The van der Waals surface area contributed by atoms with Gasteiger partial charge in [-0.05, 0) is 56.5 Å². The van der Waals surface area contributed by atoms with Crippen LogP contribution in [0.15, 0.2) is 36.5 Å². The summed E-state index contributed by atoms with van der Waals surface area (Å²) in [6.45, 7) is 17.0. The summed E-state index contributed by atoms with van der Waals surface area (Å²) in [5, 5.41) is 3.63. The van der Waals surface area contributed by atoms with Gasteiger partial charge in [-0.15, -0.1) is 0 Å². The van der Waals surface area contributed by atoms with Gasteiger partial charge in [0.15, 0.2) is 0 Å². The molecule has 3 aliphatic rings. The average Bonchev–Trinajstić information content (AvgIpc) is 3.13. The SMILES string of the molecule is C[C@@H]1CN(CC(=O)N2CC(C)(C)c3ncc(Cc4ccc(F)cc4)cc32)[C@@H](CN2CCOCC2(C)C)CN1. The number of halogens is 1. The Morgan fingerprint density at radius 3 is 2.68 bits per heavy atom. The van der Waals surface area contributed by atoms with E-state index in [9.17, 15) is 9.18 Å². The van der Waals surface area contributed by atoms with Gasteiger partial charge in [0.2, 0.25) is 5.91 Å². The third kappa shape index (κ3) is 5.78. The Morgan fingerprint density at radius 2 is 1.95 bits per heavy atom. The van der Waals surface area contributed by atoms with Crippen LogP contribution in [0, 0.1) is 5.82 Å². The van der Waals surface area contributed by atoms with Gasteiger partial charge >= 0.3 is 0 Å². The second kappa shape index (κ2) is 10.6. The van der Waals surface area contributed by atoms with E-state index in [4.69, 9.17) is 9.72 Å². The number of hydrogen-bond acceptors (Lipinski definition) is 6. The first-order valence-corrected chi connectivity index (χ1v) is 13.9. The number of nitrogens with zero attached hydrogens (tertiary/aromatic N) is 4. The van der Waals surface area contributed by atoms with Gasteiger partial charge in [0, 0.05) is 62.0 Å². The summed E-state index contributed by atoms with van der Waals surface area (Å²) in [5.74, 6) is -0.116. The van der Waals surface area contributed by atoms with Crippen LogP contribution in [0.5, 0.6) is 0 Å². The van der Waals surface area contributed by atoms with E-state index in [0.717, 1.165) is 61.9 Å². The molecule has 0 bridgehead atoms. The number of amides is 1. The van der Waals surface area contributed by atoms with Gasteiger partial charge in [-0.3, -0.25) is 19.6 Å². The van der Waals surface area contributed by atoms with Crippen molar-refractivity contribution in [3.05, 3.63) is 59.2 Å². The third-order valence-corrected chi connectivity index (χ3v) is 8.35. The molecule has 0 radical (unpaired) electrons. The van der Waals surface area contributed by atoms with Crippen LogP contribution in [0.4, 0.5) is 10.1 Å². The first-order valence-electron chi connectivity index (χ1n) is 13.9. The fraction of sp³-hybridized carbons (Fsp3) is 0.600. The minimum absolute atomic E-state index is 0.0124. The van der Waals surface area contributed by atoms with E-state index in [1.807, 2.05) is 11.1 Å². The summed E-state index contributed by atoms with van der Waals surface area (Å²) >= 11 is 0. The molecular weight excluding hydrogens is 481 g/mol. The lowest BCUT2D eigenvalue weighted by atomic mass is 9.91. The number of benzene rings is 1. The van der Waals surface area contributed by atoms with E-state index >= 15 is 0 Å². The standard InChI is InChI=1S/C30H42FN5O2/c1-21-16-34(25(15-32-21)17-35-10-11-38-20-30(35,4)5)18-27(37)36-19-29(2,3)28-26(36)13-23(14-33-28)12-22-6-8-24(31)9-7-22/h6-9,13-14,21,25,32H,10-12,15-20H2,1-5H3/t21-,25-/m1/s1. The summed E-state index contributed by atoms with van der Waals surface area (Å²) in [6, 6.07) is 9.27. The fourth-order valence-electron chi connectivity index (χ4n) is 6.08. The molecule has 4 heterocycles. The maximum absolute atomic E-state index is 13.9. The summed E-state index contributed by atoms with van der Waals surface area (Å²) in [7, 11) is 0. The third-order valence-electron chi connectivity index (χ3n) is 8.35. The Bertz CT molecular complexity index is 1150. The molecule has 206 valence electrons. The van der Waals surface area contributed by atoms with Crippen LogP contribution in [-0.4, -0.2) is 90.8 Å². The molecule has 2 saturated heterocycles. The van der Waals surface area contributed by atoms with Crippen molar-refractivity contribution in [3.63, 3.8) is 0 Å². The zero-order valence-electron chi connectivity index (χ0n) is 23.5. The number of aromatic nitrogens is 1. The molecule has 3 aliphatic heterocycles. The number of rotatable bonds is 6. The van der Waals surface area contributed by atoms with E-state index < -0.39 is 0 Å². The number of morpholine rings is 1. The van der Waals surface area contributed by atoms with E-state index in [0.29, 0.717) is 25.6 Å². The lowest BCUT2D eigenvalue weighted by Crippen LogP contribution is -2.64. The van der Waals surface area contributed by atoms with Gasteiger partial charge in [0.05, 0.1) is 31.1 Å². The Kier molecular flexibility index (Phi) is 7.61. The number of ether oxygens (including phenoxy) is 1. The summed E-state index contributed by atoms with van der Waals surface area (Å²) in [5.41, 5.74) is 3.69. The largest absolute Gasteiger partial charge is 0.378 e. The van der Waals surface area contributed by atoms with E-state index in [2.05, 4.69) is 55.8 Å². The Balaban J connectivity index is 1.33. The van der Waals surface area contributed by atoms with Crippen molar-refractivity contribution in [1.29, 1.82) is 0 Å². The molecule has 38 heavy (non-hydrogen) atoms. The quantitative estimate of drug-likeness (QED) is 0.628. The Hall–Kier alpha value is -2.39. The molecular formula is C30H42FN5O2. The van der Waals surface area contributed by atoms with Crippen LogP contribution < -0.4 is 10.2 Å². The number of piperazine rings is 1. The predicted octanol–water partition coefficient (Wildman–Crippen LogP) is 3.21. The van der Waals surface area contributed by atoms with E-state index in [-0.39, 0.29) is 28.7 Å². The Labute approximate surface area is 226 Å². The number of hydrogen-bond donors (Lipinski definition) is 1. The molecule has 1 aromatic heterocycles. The predicted molar refractivity (Wildman–Crippen MR) is 148 cm³/mol. The number of carbonyl (C=O) groups is 1. The zero-order valence-corrected chi connectivity index (χ0v) is 23.5. The van der Waals surface area contributed by atoms with Gasteiger partial charge in [0.25, 0.3) is 0 Å². The number of pyridine rings is 1. The normalized spacial score (nSPS) is 25.4. The van der Waals surface area contributed by atoms with Crippen LogP contribution >= 0.6 is 0 Å². The van der Waals surface area contributed by atoms with Crippen molar-refractivity contribution in [1.82, 2.24) is 20.1 Å². The summed E-state index contributed by atoms with van der Waals surface area (Å²) in [4.78, 5) is 25.5. The van der Waals surface area contributed by atoms with Gasteiger partial charge in [-0.2, -0.15) is 0 Å². The van der Waals surface area contributed by atoms with Crippen molar-refractivity contribution in [2.45, 2.75) is 64.1 Å². The maximum atomic E-state index is 13.9. The van der Waals surface area contributed by atoms with Crippen LogP contribution in [0.25, 0.3) is 0 Å². The summed E-state index contributed by atoms with van der Waals surface area (Å²) in [6.07, 6.45) is 2.55. The number of carbonyl (C=O) groups excluding carboxylic acids is 1. The molecule has 1 amide bonds. The molecule has 2 aromatic rings. The average molecular weight is 524 g/mol. The molecule has 5 rings (SSSR count). The van der Waals surface area contributed by atoms with Crippen molar-refractivity contribution in [2.75, 3.05) is 57.4 Å². The minimum Gasteiger partial charge on any atom is -0.378 e. The van der Waals surface area contributed by atoms with Gasteiger partial charge in [-0.25, -0.2) is 4.39 Å². The van der Waals surface area contributed by atoms with Crippen molar-refractivity contribution < 1.29 is 13.9 Å². The molecule has 1 N–H and O–H groups in total. The zero-order chi connectivity index (χ0) is 27.1. The first kappa shape index (κ1) is 27.2. The molecule has 0 spiro atoms. The minimum atomic E-state index is -0.239. The number of anilines is 1. The number of fused-ring (bicyclic) bond motifs is 1. The van der Waals surface area contributed by atoms with Crippen LogP contribution in [0.1, 0.15) is 51.4 Å². The van der Waals surface area contributed by atoms with Crippen LogP contribution in [0.3, 0.4) is 0 Å². The lowest BCUT2D eigenvalue weighted by molar-refractivity contribution is -0.121. The second-order valence-corrected chi connectivity index (χ2v) is 12.6. The van der Waals surface area contributed by atoms with Gasteiger partial charge in [-0.1, -0.05) is 26.0 Å². The van der Waals surface area contributed by atoms with Gasteiger partial charge < -0.3 is 15.0 Å². The lowest BCUT2D eigenvalue weighted by Gasteiger charge is -2.47. The topological polar surface area (TPSA) is 60.9 Å². The highest BCUT2D eigenvalue weighted by Crippen LogP contribution is 2.40.